The van der Waals surface area contributed by atoms with Gasteiger partial charge in [0, 0.05) is 31.6 Å². The fraction of sp³-hybridized carbons (Fsp3) is 0.320. The molecule has 0 bridgehead atoms. The SMILES string of the molecule is CN1C(=O)CN(CC(O)CO)C(=O)c2c1nc(Oc1cccc(OC(C)(F)F)c1)n2Cc1ccc(Cl)cc1. The number of anilines is 1. The van der Waals surface area contributed by atoms with Crippen LogP contribution in [0.3, 0.4) is 0 Å². The molecule has 2 amide bonds. The van der Waals surface area contributed by atoms with Gasteiger partial charge in [0.25, 0.3) is 5.91 Å². The van der Waals surface area contributed by atoms with E-state index in [9.17, 15) is 28.6 Å². The first-order chi connectivity index (χ1) is 17.9. The van der Waals surface area contributed by atoms with Crippen molar-refractivity contribution in [2.75, 3.05) is 31.6 Å². The molecule has 4 rings (SSSR count). The van der Waals surface area contributed by atoms with Crippen LogP contribution in [0.4, 0.5) is 14.6 Å². The number of nitrogens with zero attached hydrogens (tertiary/aromatic N) is 4. The molecule has 1 aliphatic rings. The number of aliphatic hydroxyl groups is 2. The molecule has 1 atom stereocenters. The van der Waals surface area contributed by atoms with Gasteiger partial charge >= 0.3 is 12.1 Å². The normalized spacial score (nSPS) is 14.8. The summed E-state index contributed by atoms with van der Waals surface area (Å²) in [6, 6.07) is 12.2. The van der Waals surface area contributed by atoms with Crippen molar-refractivity contribution < 1.29 is 38.1 Å². The molecular weight excluding hydrogens is 526 g/mol. The minimum atomic E-state index is -3.42. The van der Waals surface area contributed by atoms with E-state index in [4.69, 9.17) is 16.3 Å². The number of hydrogen-bond donors (Lipinski definition) is 2. The van der Waals surface area contributed by atoms with Crippen molar-refractivity contribution in [2.45, 2.75) is 25.7 Å². The summed E-state index contributed by atoms with van der Waals surface area (Å²) in [6.07, 6.45) is -4.68. The highest BCUT2D eigenvalue weighted by Gasteiger charge is 2.37. The summed E-state index contributed by atoms with van der Waals surface area (Å²) in [5, 5.41) is 19.7. The summed E-state index contributed by atoms with van der Waals surface area (Å²) in [5.74, 6) is -1.15. The first-order valence-electron chi connectivity index (χ1n) is 11.5. The Bertz CT molecular complexity index is 1330. The number of halogens is 3. The Balaban J connectivity index is 1.80. The van der Waals surface area contributed by atoms with Gasteiger partial charge in [-0.25, -0.2) is 0 Å². The molecule has 1 aliphatic heterocycles. The van der Waals surface area contributed by atoms with Crippen molar-refractivity contribution in [1.82, 2.24) is 14.5 Å². The summed E-state index contributed by atoms with van der Waals surface area (Å²) in [7, 11) is 1.45. The predicted octanol–water partition coefficient (Wildman–Crippen LogP) is 3.14. The van der Waals surface area contributed by atoms with E-state index in [1.807, 2.05) is 0 Å². The van der Waals surface area contributed by atoms with Gasteiger partial charge in [0.2, 0.25) is 5.91 Å². The number of amides is 2. The molecule has 0 aliphatic carbocycles. The number of aliphatic hydroxyl groups excluding tert-OH is 2. The van der Waals surface area contributed by atoms with E-state index in [1.165, 1.54) is 40.8 Å². The molecule has 3 aromatic rings. The Labute approximate surface area is 221 Å². The Morgan fingerprint density at radius 3 is 2.50 bits per heavy atom. The first kappa shape index (κ1) is 27.3. The van der Waals surface area contributed by atoms with Crippen molar-refractivity contribution in [3.8, 4) is 17.5 Å². The minimum absolute atomic E-state index is 0.000867. The zero-order valence-electron chi connectivity index (χ0n) is 20.5. The lowest BCUT2D eigenvalue weighted by atomic mass is 10.2. The average molecular weight is 551 g/mol. The van der Waals surface area contributed by atoms with Gasteiger partial charge < -0.3 is 24.6 Å². The number of carbonyl (C=O) groups is 2. The summed E-state index contributed by atoms with van der Waals surface area (Å²) in [5.41, 5.74) is 0.719. The van der Waals surface area contributed by atoms with Crippen molar-refractivity contribution in [2.24, 2.45) is 0 Å². The number of benzene rings is 2. The lowest BCUT2D eigenvalue weighted by Gasteiger charge is -2.23. The number of aromatic nitrogens is 2. The van der Waals surface area contributed by atoms with Crippen LogP contribution >= 0.6 is 11.6 Å². The van der Waals surface area contributed by atoms with Crippen LogP contribution in [0.1, 0.15) is 23.0 Å². The second-order valence-corrected chi connectivity index (χ2v) is 9.18. The topological polar surface area (TPSA) is 117 Å². The Morgan fingerprint density at radius 2 is 1.84 bits per heavy atom. The van der Waals surface area contributed by atoms with Gasteiger partial charge in [0.1, 0.15) is 18.0 Å². The number of hydrogen-bond acceptors (Lipinski definition) is 7. The van der Waals surface area contributed by atoms with Crippen molar-refractivity contribution in [3.63, 3.8) is 0 Å². The van der Waals surface area contributed by atoms with Gasteiger partial charge in [-0.05, 0) is 29.8 Å². The van der Waals surface area contributed by atoms with Crippen LogP contribution in [-0.2, 0) is 11.3 Å². The Kier molecular flexibility index (Phi) is 7.86. The van der Waals surface area contributed by atoms with Crippen LogP contribution in [0, 0.1) is 0 Å². The third-order valence-corrected chi connectivity index (χ3v) is 5.88. The molecule has 0 saturated carbocycles. The van der Waals surface area contributed by atoms with Crippen molar-refractivity contribution >= 4 is 29.2 Å². The van der Waals surface area contributed by atoms with E-state index in [1.54, 1.807) is 24.3 Å². The third kappa shape index (κ3) is 6.21. The maximum Gasteiger partial charge on any atom is 0.394 e. The molecule has 2 aromatic carbocycles. The molecular formula is C25H25ClF2N4O6. The molecule has 0 fully saturated rings. The van der Waals surface area contributed by atoms with Crippen LogP contribution < -0.4 is 14.4 Å². The average Bonchev–Trinajstić information content (AvgIpc) is 3.16. The number of likely N-dealkylation sites (N-methyl/N-ethyl adjacent to an activating group) is 1. The molecule has 0 radical (unpaired) electrons. The van der Waals surface area contributed by atoms with Crippen LogP contribution in [-0.4, -0.2) is 75.4 Å². The van der Waals surface area contributed by atoms with Crippen LogP contribution in [0.15, 0.2) is 48.5 Å². The van der Waals surface area contributed by atoms with Gasteiger partial charge in [0.05, 0.1) is 19.3 Å². The summed E-state index contributed by atoms with van der Waals surface area (Å²) in [6.45, 7) is -0.559. The second kappa shape index (κ2) is 10.9. The van der Waals surface area contributed by atoms with E-state index in [0.29, 0.717) is 11.9 Å². The molecule has 0 saturated heterocycles. The van der Waals surface area contributed by atoms with Crippen molar-refractivity contribution in [3.05, 3.63) is 64.8 Å². The van der Waals surface area contributed by atoms with Gasteiger partial charge in [-0.3, -0.25) is 19.1 Å². The fourth-order valence-electron chi connectivity index (χ4n) is 3.84. The lowest BCUT2D eigenvalue weighted by Crippen LogP contribution is -2.43. The van der Waals surface area contributed by atoms with Gasteiger partial charge in [-0.2, -0.15) is 13.8 Å². The number of fused-ring (bicyclic) bond motifs is 1. The predicted molar refractivity (Wildman–Crippen MR) is 133 cm³/mol. The van der Waals surface area contributed by atoms with Gasteiger partial charge in [0.15, 0.2) is 11.5 Å². The molecule has 38 heavy (non-hydrogen) atoms. The summed E-state index contributed by atoms with van der Waals surface area (Å²) in [4.78, 5) is 33.2. The van der Waals surface area contributed by atoms with E-state index in [-0.39, 0.29) is 48.7 Å². The largest absolute Gasteiger partial charge is 0.433 e. The Hall–Kier alpha value is -3.74. The third-order valence-electron chi connectivity index (χ3n) is 5.63. The highest BCUT2D eigenvalue weighted by molar-refractivity contribution is 6.30. The quantitative estimate of drug-likeness (QED) is 0.420. The monoisotopic (exact) mass is 550 g/mol. The van der Waals surface area contributed by atoms with Gasteiger partial charge in [-0.15, -0.1) is 0 Å². The maximum atomic E-state index is 13.6. The standard InChI is InChI=1S/C25H25ClF2N4O6/c1-25(27,28)38-19-5-3-4-18(10-19)37-24-29-22-21(32(24)11-15-6-8-16(26)9-7-15)23(36)31(12-17(34)14-33)13-20(35)30(22)2/h3-10,17,33-34H,11-14H2,1-2H3. The molecule has 0 spiro atoms. The molecule has 2 heterocycles. The van der Waals surface area contributed by atoms with E-state index < -0.39 is 30.6 Å². The van der Waals surface area contributed by atoms with E-state index >= 15 is 0 Å². The van der Waals surface area contributed by atoms with Crippen LogP contribution in [0.25, 0.3) is 0 Å². The number of imidazole rings is 1. The number of carbonyl (C=O) groups excluding carboxylic acids is 2. The smallest absolute Gasteiger partial charge is 0.394 e. The second-order valence-electron chi connectivity index (χ2n) is 8.74. The van der Waals surface area contributed by atoms with Gasteiger partial charge in [-0.1, -0.05) is 29.8 Å². The van der Waals surface area contributed by atoms with Crippen LogP contribution in [0.5, 0.6) is 17.5 Å². The molecule has 13 heteroatoms. The highest BCUT2D eigenvalue weighted by Crippen LogP contribution is 2.34. The maximum absolute atomic E-state index is 13.6. The summed E-state index contributed by atoms with van der Waals surface area (Å²) >= 11 is 6.01. The fourth-order valence-corrected chi connectivity index (χ4v) is 3.97. The lowest BCUT2D eigenvalue weighted by molar-refractivity contribution is -0.159. The summed E-state index contributed by atoms with van der Waals surface area (Å²) < 4.78 is 38.7. The number of ether oxygens (including phenoxy) is 2. The van der Waals surface area contributed by atoms with Crippen LogP contribution in [0.2, 0.25) is 5.02 Å². The molecule has 1 aromatic heterocycles. The first-order valence-corrected chi connectivity index (χ1v) is 11.9. The zero-order valence-corrected chi connectivity index (χ0v) is 21.2. The minimum Gasteiger partial charge on any atom is -0.433 e. The molecule has 10 nitrogen and oxygen atoms in total. The van der Waals surface area contributed by atoms with Crippen molar-refractivity contribution in [1.29, 1.82) is 0 Å². The molecule has 2 N–H and O–H groups in total. The van der Waals surface area contributed by atoms with E-state index in [2.05, 4.69) is 9.72 Å². The Morgan fingerprint density at radius 1 is 1.16 bits per heavy atom. The van der Waals surface area contributed by atoms with E-state index in [0.717, 1.165) is 10.5 Å². The number of rotatable bonds is 9. The number of β-amino-alcohol motifs (C(OH)–C–C–N with tert-alkyl or cyclic N) is 1. The molecule has 202 valence electrons. The highest BCUT2D eigenvalue weighted by atomic mass is 35.5. The molecule has 1 unspecified atom stereocenters. The number of alkyl halides is 2. The zero-order chi connectivity index (χ0) is 27.6.